The Hall–Kier alpha value is -2.45. The molecule has 4 amide bonds. The van der Waals surface area contributed by atoms with Crippen LogP contribution >= 0.6 is 11.6 Å². The largest absolute Gasteiger partial charge is 0.383 e. The third-order valence-corrected chi connectivity index (χ3v) is 7.30. The summed E-state index contributed by atoms with van der Waals surface area (Å²) >= 11 is 6.48. The number of likely N-dealkylation sites (tertiary alicyclic amines) is 2. The van der Waals surface area contributed by atoms with E-state index in [1.165, 1.54) is 12.0 Å². The minimum Gasteiger partial charge on any atom is -0.383 e. The van der Waals surface area contributed by atoms with E-state index in [-0.39, 0.29) is 49.6 Å². The minimum atomic E-state index is -1.37. The van der Waals surface area contributed by atoms with Crippen LogP contribution in [0.2, 0.25) is 5.02 Å². The molecule has 1 aromatic carbocycles. The molecule has 186 valence electrons. The second-order valence-electron chi connectivity index (χ2n) is 8.95. The van der Waals surface area contributed by atoms with Crippen LogP contribution in [0.1, 0.15) is 45.1 Å². The predicted molar refractivity (Wildman–Crippen MR) is 128 cm³/mol. The van der Waals surface area contributed by atoms with Crippen molar-refractivity contribution >= 4 is 35.2 Å². The fourth-order valence-corrected chi connectivity index (χ4v) is 5.39. The van der Waals surface area contributed by atoms with Crippen molar-refractivity contribution in [3.8, 4) is 0 Å². The lowest BCUT2D eigenvalue weighted by atomic mass is 9.75. The third-order valence-electron chi connectivity index (χ3n) is 6.97. The standard InChI is InChI=1S/C25H34ClN3O5/c1-4-27(5-2)23(32)18-9-8-12-28(17-18)21(30)15-25(19-10-6-7-11-20(19)26)16-22(31)29(24(25)33)13-14-34-3/h6-7,10-11,18H,4-5,8-9,12-17H2,1-3H3/t18-,25-/m0/s1. The molecule has 0 N–H and O–H groups in total. The fourth-order valence-electron chi connectivity index (χ4n) is 5.07. The van der Waals surface area contributed by atoms with E-state index < -0.39 is 11.3 Å². The molecule has 2 saturated heterocycles. The average Bonchev–Trinajstić information content (AvgIpc) is 3.07. The number of carbonyl (C=O) groups excluding carboxylic acids is 4. The molecule has 9 heteroatoms. The molecule has 0 saturated carbocycles. The molecule has 0 unspecified atom stereocenters. The topological polar surface area (TPSA) is 87.2 Å². The Labute approximate surface area is 206 Å². The summed E-state index contributed by atoms with van der Waals surface area (Å²) in [4.78, 5) is 57.5. The first-order chi connectivity index (χ1) is 16.3. The van der Waals surface area contributed by atoms with E-state index in [0.29, 0.717) is 36.8 Å². The van der Waals surface area contributed by atoms with Crippen LogP contribution in [0.15, 0.2) is 24.3 Å². The molecule has 2 atom stereocenters. The predicted octanol–water partition coefficient (Wildman–Crippen LogP) is 2.48. The zero-order chi connectivity index (χ0) is 24.9. The van der Waals surface area contributed by atoms with Crippen molar-refractivity contribution in [3.63, 3.8) is 0 Å². The molecule has 0 radical (unpaired) electrons. The van der Waals surface area contributed by atoms with Gasteiger partial charge in [0.2, 0.25) is 23.6 Å². The highest BCUT2D eigenvalue weighted by molar-refractivity contribution is 6.32. The van der Waals surface area contributed by atoms with Gasteiger partial charge in [0.25, 0.3) is 0 Å². The van der Waals surface area contributed by atoms with Gasteiger partial charge in [-0.3, -0.25) is 24.1 Å². The molecule has 0 spiro atoms. The van der Waals surface area contributed by atoms with Crippen molar-refractivity contribution in [3.05, 3.63) is 34.9 Å². The Morgan fingerprint density at radius 2 is 1.91 bits per heavy atom. The van der Waals surface area contributed by atoms with E-state index in [1.807, 2.05) is 13.8 Å². The molecule has 2 aliphatic rings. The van der Waals surface area contributed by atoms with Crippen molar-refractivity contribution in [1.82, 2.24) is 14.7 Å². The van der Waals surface area contributed by atoms with Gasteiger partial charge >= 0.3 is 0 Å². The van der Waals surface area contributed by atoms with Crippen molar-refractivity contribution in [2.24, 2.45) is 5.92 Å². The molecular weight excluding hydrogens is 458 g/mol. The highest BCUT2D eigenvalue weighted by Crippen LogP contribution is 2.43. The first-order valence-electron chi connectivity index (χ1n) is 11.9. The van der Waals surface area contributed by atoms with Gasteiger partial charge in [-0.25, -0.2) is 0 Å². The van der Waals surface area contributed by atoms with Gasteiger partial charge in [-0.1, -0.05) is 29.8 Å². The maximum atomic E-state index is 13.6. The number of carbonyl (C=O) groups is 4. The molecule has 0 bridgehead atoms. The Morgan fingerprint density at radius 3 is 2.56 bits per heavy atom. The summed E-state index contributed by atoms with van der Waals surface area (Å²) in [5.41, 5.74) is -0.883. The zero-order valence-electron chi connectivity index (χ0n) is 20.2. The number of nitrogens with zero attached hydrogens (tertiary/aromatic N) is 3. The number of halogens is 1. The van der Waals surface area contributed by atoms with E-state index >= 15 is 0 Å². The summed E-state index contributed by atoms with van der Waals surface area (Å²) in [5, 5.41) is 0.346. The lowest BCUT2D eigenvalue weighted by molar-refractivity contribution is -0.145. The van der Waals surface area contributed by atoms with Crippen LogP contribution in [0.4, 0.5) is 0 Å². The average molecular weight is 492 g/mol. The molecule has 8 nitrogen and oxygen atoms in total. The van der Waals surface area contributed by atoms with Gasteiger partial charge in [-0.2, -0.15) is 0 Å². The summed E-state index contributed by atoms with van der Waals surface area (Å²) in [6.07, 6.45) is 1.16. The molecular formula is C25H34ClN3O5. The normalized spacial score (nSPS) is 22.9. The number of rotatable bonds is 9. The van der Waals surface area contributed by atoms with Crippen LogP contribution < -0.4 is 0 Å². The summed E-state index contributed by atoms with van der Waals surface area (Å²) < 4.78 is 5.06. The molecule has 2 heterocycles. The van der Waals surface area contributed by atoms with Gasteiger partial charge in [0.1, 0.15) is 0 Å². The fraction of sp³-hybridized carbons (Fsp3) is 0.600. The zero-order valence-corrected chi connectivity index (χ0v) is 21.0. The summed E-state index contributed by atoms with van der Waals surface area (Å²) in [5.74, 6) is -1.22. The van der Waals surface area contributed by atoms with Crippen LogP contribution in [-0.2, 0) is 29.3 Å². The van der Waals surface area contributed by atoms with Crippen LogP contribution in [0.5, 0.6) is 0 Å². The number of methoxy groups -OCH3 is 1. The molecule has 1 aromatic rings. The maximum absolute atomic E-state index is 13.6. The van der Waals surface area contributed by atoms with Crippen LogP contribution in [0.3, 0.4) is 0 Å². The SMILES string of the molecule is CCN(CC)C(=O)[C@H]1CCCN(C(=O)C[C@@]2(c3ccccc3Cl)CC(=O)N(CCOC)C2=O)C1. The van der Waals surface area contributed by atoms with Gasteiger partial charge < -0.3 is 14.5 Å². The van der Waals surface area contributed by atoms with Gasteiger partial charge in [0.15, 0.2) is 0 Å². The molecule has 2 aliphatic heterocycles. The number of ether oxygens (including phenoxy) is 1. The van der Waals surface area contributed by atoms with Crippen molar-refractivity contribution in [1.29, 1.82) is 0 Å². The first kappa shape index (κ1) is 26.2. The van der Waals surface area contributed by atoms with Crippen LogP contribution in [0, 0.1) is 5.92 Å². The highest BCUT2D eigenvalue weighted by atomic mass is 35.5. The number of piperidine rings is 1. The monoisotopic (exact) mass is 491 g/mol. The molecule has 0 aromatic heterocycles. The van der Waals surface area contributed by atoms with Crippen LogP contribution in [-0.4, -0.2) is 84.8 Å². The van der Waals surface area contributed by atoms with Crippen molar-refractivity contribution in [2.75, 3.05) is 46.4 Å². The Balaban J connectivity index is 1.87. The van der Waals surface area contributed by atoms with Gasteiger partial charge in [0.05, 0.1) is 24.5 Å². The van der Waals surface area contributed by atoms with E-state index in [0.717, 1.165) is 12.8 Å². The molecule has 34 heavy (non-hydrogen) atoms. The summed E-state index contributed by atoms with van der Waals surface area (Å²) in [6.45, 7) is 6.32. The molecule has 2 fully saturated rings. The number of hydrogen-bond donors (Lipinski definition) is 0. The quantitative estimate of drug-likeness (QED) is 0.495. The lowest BCUT2D eigenvalue weighted by Crippen LogP contribution is -2.49. The second kappa shape index (κ2) is 11.3. The van der Waals surface area contributed by atoms with Gasteiger partial charge in [-0.15, -0.1) is 0 Å². The van der Waals surface area contributed by atoms with E-state index in [1.54, 1.807) is 34.1 Å². The van der Waals surface area contributed by atoms with Gasteiger partial charge in [-0.05, 0) is 38.3 Å². The lowest BCUT2D eigenvalue weighted by Gasteiger charge is -2.36. The van der Waals surface area contributed by atoms with Gasteiger partial charge in [0, 0.05) is 51.2 Å². The second-order valence-corrected chi connectivity index (χ2v) is 9.36. The van der Waals surface area contributed by atoms with E-state index in [4.69, 9.17) is 16.3 Å². The number of hydrogen-bond acceptors (Lipinski definition) is 5. The minimum absolute atomic E-state index is 0.0566. The molecule has 3 rings (SSSR count). The number of amides is 4. The van der Waals surface area contributed by atoms with Crippen molar-refractivity contribution < 1.29 is 23.9 Å². The summed E-state index contributed by atoms with van der Waals surface area (Å²) in [7, 11) is 1.50. The first-order valence-corrected chi connectivity index (χ1v) is 12.3. The molecule has 0 aliphatic carbocycles. The van der Waals surface area contributed by atoms with Crippen molar-refractivity contribution in [2.45, 2.75) is 44.9 Å². The number of benzene rings is 1. The van der Waals surface area contributed by atoms with E-state index in [9.17, 15) is 19.2 Å². The van der Waals surface area contributed by atoms with E-state index in [2.05, 4.69) is 0 Å². The summed E-state index contributed by atoms with van der Waals surface area (Å²) in [6, 6.07) is 6.88. The third kappa shape index (κ3) is 5.13. The Bertz CT molecular complexity index is 935. The van der Waals surface area contributed by atoms with Crippen LogP contribution in [0.25, 0.3) is 0 Å². The maximum Gasteiger partial charge on any atom is 0.241 e. The Kier molecular flexibility index (Phi) is 8.71. The number of imide groups is 1. The smallest absolute Gasteiger partial charge is 0.241 e. The highest BCUT2D eigenvalue weighted by Gasteiger charge is 2.55. The Morgan fingerprint density at radius 1 is 1.21 bits per heavy atom.